The number of fused-ring (bicyclic) bond motifs is 1. The molecule has 8 nitrogen and oxygen atoms in total. The SMILES string of the molecule is Cc1cccc2c(Nc3cccc(C(=O)N4CCOCC4)c3)ncc(C(=O)N3CCOCC3)c12. The van der Waals surface area contributed by atoms with E-state index in [2.05, 4.69) is 10.3 Å². The van der Waals surface area contributed by atoms with Crippen molar-refractivity contribution in [3.8, 4) is 0 Å². The van der Waals surface area contributed by atoms with E-state index in [0.717, 1.165) is 22.0 Å². The highest BCUT2D eigenvalue weighted by atomic mass is 16.5. The van der Waals surface area contributed by atoms with Gasteiger partial charge < -0.3 is 24.6 Å². The molecule has 34 heavy (non-hydrogen) atoms. The van der Waals surface area contributed by atoms with E-state index in [1.165, 1.54) is 0 Å². The second-order valence-corrected chi connectivity index (χ2v) is 8.53. The van der Waals surface area contributed by atoms with Gasteiger partial charge in [-0.1, -0.05) is 24.3 Å². The van der Waals surface area contributed by atoms with Crippen LogP contribution in [0.4, 0.5) is 11.5 Å². The largest absolute Gasteiger partial charge is 0.378 e. The minimum Gasteiger partial charge on any atom is -0.378 e. The number of hydrogen-bond acceptors (Lipinski definition) is 6. The fraction of sp³-hybridized carbons (Fsp3) is 0.346. The van der Waals surface area contributed by atoms with Crippen LogP contribution in [0.2, 0.25) is 0 Å². The highest BCUT2D eigenvalue weighted by Crippen LogP contribution is 2.30. The van der Waals surface area contributed by atoms with Crippen molar-refractivity contribution in [1.29, 1.82) is 0 Å². The number of nitrogens with zero attached hydrogens (tertiary/aromatic N) is 3. The molecule has 1 aromatic heterocycles. The van der Waals surface area contributed by atoms with E-state index < -0.39 is 0 Å². The Morgan fingerprint density at radius 3 is 2.24 bits per heavy atom. The quantitative estimate of drug-likeness (QED) is 0.644. The molecule has 3 aromatic rings. The van der Waals surface area contributed by atoms with E-state index in [9.17, 15) is 9.59 Å². The third kappa shape index (κ3) is 4.47. The molecule has 2 aromatic carbocycles. The number of carbonyl (C=O) groups is 2. The van der Waals surface area contributed by atoms with Crippen LogP contribution in [-0.4, -0.2) is 79.2 Å². The van der Waals surface area contributed by atoms with Crippen LogP contribution in [0.25, 0.3) is 10.8 Å². The van der Waals surface area contributed by atoms with Gasteiger partial charge in [0.2, 0.25) is 0 Å². The Balaban J connectivity index is 1.45. The van der Waals surface area contributed by atoms with Crippen LogP contribution in [0.15, 0.2) is 48.7 Å². The fourth-order valence-electron chi connectivity index (χ4n) is 4.50. The summed E-state index contributed by atoms with van der Waals surface area (Å²) in [6, 6.07) is 13.4. The highest BCUT2D eigenvalue weighted by molar-refractivity contribution is 6.10. The van der Waals surface area contributed by atoms with Crippen molar-refractivity contribution < 1.29 is 19.1 Å². The van der Waals surface area contributed by atoms with Gasteiger partial charge in [-0.15, -0.1) is 0 Å². The predicted octanol–water partition coefficient (Wildman–Crippen LogP) is 3.23. The van der Waals surface area contributed by atoms with Gasteiger partial charge in [-0.2, -0.15) is 0 Å². The average molecular weight is 461 g/mol. The van der Waals surface area contributed by atoms with Gasteiger partial charge in [-0.25, -0.2) is 4.98 Å². The lowest BCUT2D eigenvalue weighted by Crippen LogP contribution is -2.40. The number of ether oxygens (including phenoxy) is 2. The zero-order chi connectivity index (χ0) is 23.5. The van der Waals surface area contributed by atoms with Gasteiger partial charge in [-0.3, -0.25) is 9.59 Å². The Hall–Kier alpha value is -3.49. The third-order valence-corrected chi connectivity index (χ3v) is 6.32. The van der Waals surface area contributed by atoms with Crippen LogP contribution in [0, 0.1) is 6.92 Å². The average Bonchev–Trinajstić information content (AvgIpc) is 2.89. The summed E-state index contributed by atoms with van der Waals surface area (Å²) >= 11 is 0. The molecule has 2 fully saturated rings. The molecule has 8 heteroatoms. The summed E-state index contributed by atoms with van der Waals surface area (Å²) in [5.41, 5.74) is 2.99. The van der Waals surface area contributed by atoms with Crippen molar-refractivity contribution in [2.45, 2.75) is 6.92 Å². The highest BCUT2D eigenvalue weighted by Gasteiger charge is 2.23. The monoisotopic (exact) mass is 460 g/mol. The molecule has 0 atom stereocenters. The lowest BCUT2D eigenvalue weighted by atomic mass is 10.0. The number of amides is 2. The second-order valence-electron chi connectivity index (χ2n) is 8.53. The summed E-state index contributed by atoms with van der Waals surface area (Å²) in [5, 5.41) is 5.12. The molecule has 2 saturated heterocycles. The molecule has 2 aliphatic rings. The number of nitrogens with one attached hydrogen (secondary N) is 1. The Morgan fingerprint density at radius 2 is 1.53 bits per heavy atom. The van der Waals surface area contributed by atoms with Crippen LogP contribution in [0.1, 0.15) is 26.3 Å². The van der Waals surface area contributed by atoms with E-state index >= 15 is 0 Å². The Labute approximate surface area is 198 Å². The first kappa shape index (κ1) is 22.3. The maximum atomic E-state index is 13.3. The van der Waals surface area contributed by atoms with Gasteiger partial charge in [0.25, 0.3) is 11.8 Å². The van der Waals surface area contributed by atoms with Gasteiger partial charge in [0, 0.05) is 54.4 Å². The molecule has 5 rings (SSSR count). The maximum absolute atomic E-state index is 13.3. The molecule has 0 bridgehead atoms. The first-order valence-electron chi connectivity index (χ1n) is 11.6. The van der Waals surface area contributed by atoms with E-state index in [1.54, 1.807) is 6.20 Å². The van der Waals surface area contributed by atoms with Crippen molar-refractivity contribution >= 4 is 34.1 Å². The molecule has 0 saturated carbocycles. The van der Waals surface area contributed by atoms with E-state index in [1.807, 2.05) is 59.2 Å². The molecule has 1 N–H and O–H groups in total. The zero-order valence-electron chi connectivity index (χ0n) is 19.3. The van der Waals surface area contributed by atoms with Crippen LogP contribution < -0.4 is 5.32 Å². The number of rotatable bonds is 4. The summed E-state index contributed by atoms with van der Waals surface area (Å²) in [4.78, 5) is 34.4. The topological polar surface area (TPSA) is 84.0 Å². The number of aromatic nitrogens is 1. The fourth-order valence-corrected chi connectivity index (χ4v) is 4.50. The normalized spacial score (nSPS) is 16.5. The van der Waals surface area contributed by atoms with Gasteiger partial charge in [0.1, 0.15) is 5.82 Å². The molecular formula is C26H28N4O4. The Kier molecular flexibility index (Phi) is 6.42. The van der Waals surface area contributed by atoms with Crippen LogP contribution in [0.3, 0.4) is 0 Å². The zero-order valence-corrected chi connectivity index (χ0v) is 19.3. The third-order valence-electron chi connectivity index (χ3n) is 6.32. The first-order chi connectivity index (χ1) is 16.6. The molecule has 0 aliphatic carbocycles. The minimum atomic E-state index is -0.0280. The smallest absolute Gasteiger partial charge is 0.256 e. The molecule has 176 valence electrons. The van der Waals surface area contributed by atoms with Crippen molar-refractivity contribution in [3.63, 3.8) is 0 Å². The molecule has 0 spiro atoms. The lowest BCUT2D eigenvalue weighted by molar-refractivity contribution is 0.0302. The molecule has 0 radical (unpaired) electrons. The van der Waals surface area contributed by atoms with Crippen LogP contribution >= 0.6 is 0 Å². The van der Waals surface area contributed by atoms with Crippen LogP contribution in [0.5, 0.6) is 0 Å². The summed E-state index contributed by atoms with van der Waals surface area (Å²) in [5.74, 6) is 0.611. The lowest BCUT2D eigenvalue weighted by Gasteiger charge is -2.27. The van der Waals surface area contributed by atoms with Crippen molar-refractivity contribution in [1.82, 2.24) is 14.8 Å². The number of pyridine rings is 1. The van der Waals surface area contributed by atoms with Gasteiger partial charge in [0.15, 0.2) is 0 Å². The molecule has 2 amide bonds. The number of carbonyl (C=O) groups excluding carboxylic acids is 2. The second kappa shape index (κ2) is 9.79. The molecular weight excluding hydrogens is 432 g/mol. The van der Waals surface area contributed by atoms with Crippen molar-refractivity contribution in [2.75, 3.05) is 57.9 Å². The number of benzene rings is 2. The molecule has 2 aliphatic heterocycles. The number of aryl methyl sites for hydroxylation is 1. The van der Waals surface area contributed by atoms with Gasteiger partial charge in [-0.05, 0) is 30.7 Å². The predicted molar refractivity (Wildman–Crippen MR) is 130 cm³/mol. The molecule has 0 unspecified atom stereocenters. The summed E-state index contributed by atoms with van der Waals surface area (Å²) < 4.78 is 10.8. The Morgan fingerprint density at radius 1 is 0.882 bits per heavy atom. The number of anilines is 2. The van der Waals surface area contributed by atoms with Crippen molar-refractivity contribution in [2.24, 2.45) is 0 Å². The maximum Gasteiger partial charge on any atom is 0.256 e. The van der Waals surface area contributed by atoms with Crippen molar-refractivity contribution in [3.05, 3.63) is 65.4 Å². The summed E-state index contributed by atoms with van der Waals surface area (Å²) in [7, 11) is 0. The first-order valence-corrected chi connectivity index (χ1v) is 11.6. The van der Waals surface area contributed by atoms with E-state index in [4.69, 9.17) is 9.47 Å². The van der Waals surface area contributed by atoms with E-state index in [0.29, 0.717) is 69.6 Å². The van der Waals surface area contributed by atoms with E-state index in [-0.39, 0.29) is 11.8 Å². The molecule has 3 heterocycles. The van der Waals surface area contributed by atoms with Crippen LogP contribution in [-0.2, 0) is 9.47 Å². The van der Waals surface area contributed by atoms with Gasteiger partial charge >= 0.3 is 0 Å². The standard InChI is InChI=1S/C26H28N4O4/c1-18-4-2-7-21-23(18)22(26(32)30-10-14-34-15-11-30)17-27-24(21)28-20-6-3-5-19(16-20)25(31)29-8-12-33-13-9-29/h2-7,16-17H,8-15H2,1H3,(H,27,28). The minimum absolute atomic E-state index is 0.00734. The number of morpholine rings is 2. The summed E-state index contributed by atoms with van der Waals surface area (Å²) in [6.07, 6.45) is 1.65. The number of hydrogen-bond donors (Lipinski definition) is 1. The Bertz CT molecular complexity index is 1220. The summed E-state index contributed by atoms with van der Waals surface area (Å²) in [6.45, 7) is 6.59. The van der Waals surface area contributed by atoms with Gasteiger partial charge in [0.05, 0.1) is 32.0 Å².